The Balaban J connectivity index is 1.94. The molecule has 0 aliphatic carbocycles. The summed E-state index contributed by atoms with van der Waals surface area (Å²) in [7, 11) is 0. The van der Waals surface area contributed by atoms with Crippen molar-refractivity contribution in [2.45, 2.75) is 40.2 Å². The second kappa shape index (κ2) is 10.6. The number of hydrogen-bond acceptors (Lipinski definition) is 3. The van der Waals surface area contributed by atoms with Crippen molar-refractivity contribution in [1.82, 2.24) is 14.5 Å². The Labute approximate surface area is 214 Å². The molecule has 4 aromatic rings. The summed E-state index contributed by atoms with van der Waals surface area (Å²) in [6, 6.07) is 22.3. The van der Waals surface area contributed by atoms with Crippen LogP contribution in [0, 0.1) is 12.8 Å². The molecule has 0 fully saturated rings. The van der Waals surface area contributed by atoms with E-state index in [1.165, 1.54) is 0 Å². The average Bonchev–Trinajstić information content (AvgIpc) is 2.85. The normalized spacial score (nSPS) is 12.2. The topological polar surface area (TPSA) is 55.2 Å². The van der Waals surface area contributed by atoms with Crippen LogP contribution < -0.4 is 5.56 Å². The summed E-state index contributed by atoms with van der Waals surface area (Å²) in [4.78, 5) is 34.4. The monoisotopic (exact) mass is 531 g/mol. The first-order chi connectivity index (χ1) is 16.8. The molecule has 0 bridgehead atoms. The molecule has 0 aliphatic heterocycles. The van der Waals surface area contributed by atoms with Crippen molar-refractivity contribution in [3.05, 3.63) is 105 Å². The van der Waals surface area contributed by atoms with E-state index in [2.05, 4.69) is 29.8 Å². The maximum absolute atomic E-state index is 13.8. The van der Waals surface area contributed by atoms with Gasteiger partial charge in [-0.25, -0.2) is 4.98 Å². The lowest BCUT2D eigenvalue weighted by Gasteiger charge is -2.33. The standard InChI is InChI=1S/C29H30BrN3O2/c1-5-26(32(18-19(2)3)28(34)21-12-14-22(30)15-13-21)27-31-25-9-7-6-8-24(25)29(35)33(27)23-16-10-20(4)11-17-23/h6-17,19,26H,5,18H2,1-4H3. The van der Waals surface area contributed by atoms with Crippen molar-refractivity contribution in [2.75, 3.05) is 6.54 Å². The molecule has 1 unspecified atom stereocenters. The first kappa shape index (κ1) is 24.9. The van der Waals surface area contributed by atoms with Crippen molar-refractivity contribution in [2.24, 2.45) is 5.92 Å². The summed E-state index contributed by atoms with van der Waals surface area (Å²) in [5.74, 6) is 0.741. The smallest absolute Gasteiger partial charge is 0.266 e. The van der Waals surface area contributed by atoms with Gasteiger partial charge in [-0.05, 0) is 67.8 Å². The first-order valence-electron chi connectivity index (χ1n) is 12.0. The molecule has 1 aromatic heterocycles. The molecule has 0 saturated heterocycles. The number of fused-ring (bicyclic) bond motifs is 1. The van der Waals surface area contributed by atoms with Gasteiger partial charge in [0.2, 0.25) is 0 Å². The second-order valence-electron chi connectivity index (χ2n) is 9.25. The fourth-order valence-corrected chi connectivity index (χ4v) is 4.63. The summed E-state index contributed by atoms with van der Waals surface area (Å²) in [6.07, 6.45) is 0.617. The van der Waals surface area contributed by atoms with Crippen molar-refractivity contribution >= 4 is 32.7 Å². The van der Waals surface area contributed by atoms with Crippen LogP contribution in [0.4, 0.5) is 0 Å². The van der Waals surface area contributed by atoms with E-state index >= 15 is 0 Å². The van der Waals surface area contributed by atoms with Crippen LogP contribution in [-0.4, -0.2) is 26.9 Å². The number of rotatable bonds is 7. The number of aromatic nitrogens is 2. The van der Waals surface area contributed by atoms with Crippen LogP contribution in [0.2, 0.25) is 0 Å². The summed E-state index contributed by atoms with van der Waals surface area (Å²) < 4.78 is 2.60. The minimum absolute atomic E-state index is 0.0732. The molecule has 6 heteroatoms. The van der Waals surface area contributed by atoms with Crippen LogP contribution in [0.15, 0.2) is 82.1 Å². The molecular formula is C29H30BrN3O2. The van der Waals surface area contributed by atoms with Gasteiger partial charge in [0.25, 0.3) is 11.5 Å². The van der Waals surface area contributed by atoms with Crippen LogP contribution in [0.5, 0.6) is 0 Å². The molecule has 0 saturated carbocycles. The van der Waals surface area contributed by atoms with E-state index in [0.717, 1.165) is 15.7 Å². The number of hydrogen-bond donors (Lipinski definition) is 0. The van der Waals surface area contributed by atoms with Gasteiger partial charge >= 0.3 is 0 Å². The molecule has 0 radical (unpaired) electrons. The zero-order valence-electron chi connectivity index (χ0n) is 20.5. The van der Waals surface area contributed by atoms with Gasteiger partial charge in [0.15, 0.2) is 0 Å². The Morgan fingerprint density at radius 3 is 2.29 bits per heavy atom. The minimum atomic E-state index is -0.382. The number of nitrogens with zero attached hydrogens (tertiary/aromatic N) is 3. The molecule has 1 heterocycles. The Morgan fingerprint density at radius 2 is 1.66 bits per heavy atom. The Hall–Kier alpha value is -3.25. The second-order valence-corrected chi connectivity index (χ2v) is 10.2. The van der Waals surface area contributed by atoms with E-state index < -0.39 is 0 Å². The van der Waals surface area contributed by atoms with E-state index in [0.29, 0.717) is 35.3 Å². The number of halogens is 1. The highest BCUT2D eigenvalue weighted by Gasteiger charge is 2.30. The number of aryl methyl sites for hydroxylation is 1. The van der Waals surface area contributed by atoms with Crippen LogP contribution in [0.1, 0.15) is 55.0 Å². The molecular weight excluding hydrogens is 502 g/mol. The molecule has 1 atom stereocenters. The fraction of sp³-hybridized carbons (Fsp3) is 0.276. The van der Waals surface area contributed by atoms with Crippen molar-refractivity contribution in [1.29, 1.82) is 0 Å². The molecule has 1 amide bonds. The van der Waals surface area contributed by atoms with Gasteiger partial charge in [0, 0.05) is 16.6 Å². The van der Waals surface area contributed by atoms with Gasteiger partial charge in [-0.15, -0.1) is 0 Å². The summed E-state index contributed by atoms with van der Waals surface area (Å²) >= 11 is 3.45. The maximum atomic E-state index is 13.8. The predicted molar refractivity (Wildman–Crippen MR) is 145 cm³/mol. The van der Waals surface area contributed by atoms with E-state index in [9.17, 15) is 9.59 Å². The molecule has 0 aliphatic rings. The highest BCUT2D eigenvalue weighted by atomic mass is 79.9. The average molecular weight is 532 g/mol. The van der Waals surface area contributed by atoms with Crippen LogP contribution in [0.3, 0.4) is 0 Å². The molecule has 0 N–H and O–H groups in total. The van der Waals surface area contributed by atoms with Crippen LogP contribution in [-0.2, 0) is 0 Å². The summed E-state index contributed by atoms with van der Waals surface area (Å²) in [6.45, 7) is 8.78. The van der Waals surface area contributed by atoms with Gasteiger partial charge in [-0.1, -0.05) is 66.5 Å². The van der Waals surface area contributed by atoms with Gasteiger partial charge in [-0.2, -0.15) is 0 Å². The third kappa shape index (κ3) is 5.22. The number of amides is 1. The fourth-order valence-electron chi connectivity index (χ4n) is 4.36. The van der Waals surface area contributed by atoms with Crippen molar-refractivity contribution in [3.8, 4) is 5.69 Å². The quantitative estimate of drug-likeness (QED) is 0.266. The molecule has 3 aromatic carbocycles. The Morgan fingerprint density at radius 1 is 1.00 bits per heavy atom. The minimum Gasteiger partial charge on any atom is -0.328 e. The third-order valence-corrected chi connectivity index (χ3v) is 6.60. The SMILES string of the molecule is CCC(c1nc2ccccc2c(=O)n1-c1ccc(C)cc1)N(CC(C)C)C(=O)c1ccc(Br)cc1. The lowest BCUT2D eigenvalue weighted by Crippen LogP contribution is -2.40. The molecule has 0 spiro atoms. The van der Waals surface area contributed by atoms with Gasteiger partial charge in [-0.3, -0.25) is 14.2 Å². The lowest BCUT2D eigenvalue weighted by atomic mass is 10.1. The van der Waals surface area contributed by atoms with Gasteiger partial charge in [0.05, 0.1) is 22.6 Å². The molecule has 35 heavy (non-hydrogen) atoms. The number of benzene rings is 3. The lowest BCUT2D eigenvalue weighted by molar-refractivity contribution is 0.0631. The van der Waals surface area contributed by atoms with Crippen LogP contribution in [0.25, 0.3) is 16.6 Å². The van der Waals surface area contributed by atoms with E-state index in [1.54, 1.807) is 10.6 Å². The molecule has 5 nitrogen and oxygen atoms in total. The summed E-state index contributed by atoms with van der Waals surface area (Å²) in [5, 5.41) is 0.557. The highest BCUT2D eigenvalue weighted by molar-refractivity contribution is 9.10. The molecule has 180 valence electrons. The summed E-state index contributed by atoms with van der Waals surface area (Å²) in [5.41, 5.74) is 2.96. The largest absolute Gasteiger partial charge is 0.328 e. The zero-order valence-corrected chi connectivity index (χ0v) is 22.1. The van der Waals surface area contributed by atoms with E-state index in [1.807, 2.05) is 85.5 Å². The number of carbonyl (C=O) groups is 1. The van der Waals surface area contributed by atoms with E-state index in [-0.39, 0.29) is 23.4 Å². The van der Waals surface area contributed by atoms with Crippen LogP contribution >= 0.6 is 15.9 Å². The van der Waals surface area contributed by atoms with Crippen molar-refractivity contribution < 1.29 is 4.79 Å². The Bertz CT molecular complexity index is 1390. The number of carbonyl (C=O) groups excluding carboxylic acids is 1. The third-order valence-electron chi connectivity index (χ3n) is 6.07. The van der Waals surface area contributed by atoms with Gasteiger partial charge in [0.1, 0.15) is 5.82 Å². The maximum Gasteiger partial charge on any atom is 0.266 e. The molecule has 4 rings (SSSR count). The predicted octanol–water partition coefficient (Wildman–Crippen LogP) is 6.71. The van der Waals surface area contributed by atoms with Crippen molar-refractivity contribution in [3.63, 3.8) is 0 Å². The van der Waals surface area contributed by atoms with E-state index in [4.69, 9.17) is 4.98 Å². The van der Waals surface area contributed by atoms with Gasteiger partial charge < -0.3 is 4.90 Å². The first-order valence-corrected chi connectivity index (χ1v) is 12.7. The zero-order chi connectivity index (χ0) is 25.1. The Kier molecular flexibility index (Phi) is 7.51. The highest BCUT2D eigenvalue weighted by Crippen LogP contribution is 2.28. The number of para-hydroxylation sites is 1.